The van der Waals surface area contributed by atoms with E-state index in [0.717, 1.165) is 24.4 Å². The van der Waals surface area contributed by atoms with Gasteiger partial charge >= 0.3 is 0 Å². The summed E-state index contributed by atoms with van der Waals surface area (Å²) in [5.74, 6) is 0. The van der Waals surface area contributed by atoms with Gasteiger partial charge in [-0.2, -0.15) is 0 Å². The molecule has 0 aliphatic carbocycles. The number of sulfonamides is 1. The van der Waals surface area contributed by atoms with Crippen molar-refractivity contribution in [3.05, 3.63) is 17.0 Å². The summed E-state index contributed by atoms with van der Waals surface area (Å²) >= 11 is 1.34. The summed E-state index contributed by atoms with van der Waals surface area (Å²) in [6.07, 6.45) is 1.55. The van der Waals surface area contributed by atoms with Crippen molar-refractivity contribution in [2.24, 2.45) is 0 Å². The van der Waals surface area contributed by atoms with E-state index in [1.807, 2.05) is 13.0 Å². The van der Waals surface area contributed by atoms with Crippen molar-refractivity contribution < 1.29 is 13.2 Å². The Kier molecular flexibility index (Phi) is 8.32. The maximum absolute atomic E-state index is 12.1. The molecule has 2 N–H and O–H groups in total. The maximum Gasteiger partial charge on any atom is 0.250 e. The Hall–Kier alpha value is -0.470. The lowest BCUT2D eigenvalue weighted by Gasteiger charge is -2.04. The minimum Gasteiger partial charge on any atom is -0.382 e. The summed E-state index contributed by atoms with van der Waals surface area (Å²) in [5, 5.41) is 3.23. The lowest BCUT2D eigenvalue weighted by atomic mass is 10.3. The Labute approximate surface area is 125 Å². The van der Waals surface area contributed by atoms with Gasteiger partial charge in [-0.3, -0.25) is 0 Å². The highest BCUT2D eigenvalue weighted by Crippen LogP contribution is 2.21. The van der Waals surface area contributed by atoms with Crippen LogP contribution in [0.4, 0.5) is 0 Å². The van der Waals surface area contributed by atoms with Crippen molar-refractivity contribution >= 4 is 21.4 Å². The Bertz CT molecular complexity index is 472. The van der Waals surface area contributed by atoms with Crippen LogP contribution >= 0.6 is 11.3 Å². The van der Waals surface area contributed by atoms with Gasteiger partial charge in [-0.1, -0.05) is 6.92 Å². The zero-order chi connectivity index (χ0) is 14.8. The van der Waals surface area contributed by atoms with E-state index >= 15 is 0 Å². The van der Waals surface area contributed by atoms with E-state index in [1.165, 1.54) is 11.3 Å². The Balaban J connectivity index is 2.42. The molecule has 0 spiro atoms. The minimum absolute atomic E-state index is 0.389. The molecule has 0 saturated heterocycles. The van der Waals surface area contributed by atoms with Crippen molar-refractivity contribution in [2.75, 3.05) is 32.8 Å². The molecule has 7 heteroatoms. The molecule has 1 heterocycles. The third-order valence-corrected chi connectivity index (χ3v) is 5.76. The maximum atomic E-state index is 12.1. The molecule has 1 aromatic rings. The average Bonchev–Trinajstić information content (AvgIpc) is 2.88. The molecular formula is C13H24N2O3S2. The van der Waals surface area contributed by atoms with Gasteiger partial charge in [0.1, 0.15) is 4.21 Å². The van der Waals surface area contributed by atoms with Crippen molar-refractivity contribution in [2.45, 2.75) is 30.9 Å². The molecule has 0 aliphatic rings. The Morgan fingerprint density at radius 1 is 1.25 bits per heavy atom. The van der Waals surface area contributed by atoms with E-state index in [9.17, 15) is 8.42 Å². The first-order valence-corrected chi connectivity index (χ1v) is 9.27. The normalized spacial score (nSPS) is 11.9. The van der Waals surface area contributed by atoms with Crippen LogP contribution in [0, 0.1) is 0 Å². The quantitative estimate of drug-likeness (QED) is 0.608. The predicted molar refractivity (Wildman–Crippen MR) is 82.9 cm³/mol. The Morgan fingerprint density at radius 3 is 2.75 bits per heavy atom. The molecular weight excluding hydrogens is 296 g/mol. The lowest BCUT2D eigenvalue weighted by molar-refractivity contribution is 0.146. The fourth-order valence-corrected chi connectivity index (χ4v) is 4.10. The van der Waals surface area contributed by atoms with Gasteiger partial charge in [0.15, 0.2) is 0 Å². The monoisotopic (exact) mass is 320 g/mol. The summed E-state index contributed by atoms with van der Waals surface area (Å²) < 4.78 is 32.3. The van der Waals surface area contributed by atoms with Crippen LogP contribution in [0.25, 0.3) is 0 Å². The highest BCUT2D eigenvalue weighted by Gasteiger charge is 2.15. The molecule has 5 nitrogen and oxygen atoms in total. The molecule has 0 bridgehead atoms. The first-order chi connectivity index (χ1) is 9.60. The van der Waals surface area contributed by atoms with Crippen molar-refractivity contribution in [1.82, 2.24) is 10.0 Å². The molecule has 0 atom stereocenters. The largest absolute Gasteiger partial charge is 0.382 e. The summed E-state index contributed by atoms with van der Waals surface area (Å²) in [7, 11) is -3.36. The smallest absolute Gasteiger partial charge is 0.250 e. The minimum atomic E-state index is -3.36. The van der Waals surface area contributed by atoms with Crippen LogP contribution in [-0.2, 0) is 21.2 Å². The Morgan fingerprint density at radius 2 is 2.05 bits per heavy atom. The fraction of sp³-hybridized carbons (Fsp3) is 0.692. The van der Waals surface area contributed by atoms with Gasteiger partial charge in [0.05, 0.1) is 0 Å². The zero-order valence-electron chi connectivity index (χ0n) is 12.1. The molecule has 20 heavy (non-hydrogen) atoms. The standard InChI is InChI=1S/C13H24N2O3S2/c1-3-14-10-8-12-6-7-13(19-12)20(16,17)15-9-5-11-18-4-2/h6-7,14-15H,3-5,8-11H2,1-2H3. The van der Waals surface area contributed by atoms with Gasteiger partial charge < -0.3 is 10.1 Å². The van der Waals surface area contributed by atoms with Crippen LogP contribution in [0.1, 0.15) is 25.1 Å². The number of rotatable bonds is 11. The number of nitrogens with one attached hydrogen (secondary N) is 2. The van der Waals surface area contributed by atoms with Crippen LogP contribution < -0.4 is 10.0 Å². The van der Waals surface area contributed by atoms with E-state index in [1.54, 1.807) is 6.07 Å². The third-order valence-electron chi connectivity index (χ3n) is 2.66. The topological polar surface area (TPSA) is 67.4 Å². The fourth-order valence-electron chi connectivity index (χ4n) is 1.62. The van der Waals surface area contributed by atoms with Crippen LogP contribution in [0.3, 0.4) is 0 Å². The van der Waals surface area contributed by atoms with Gasteiger partial charge in [0.25, 0.3) is 0 Å². The third kappa shape index (κ3) is 6.32. The highest BCUT2D eigenvalue weighted by atomic mass is 32.2. The second-order valence-electron chi connectivity index (χ2n) is 4.27. The molecule has 116 valence electrons. The molecule has 0 aliphatic heterocycles. The molecule has 0 radical (unpaired) electrons. The van der Waals surface area contributed by atoms with Crippen LogP contribution in [0.5, 0.6) is 0 Å². The summed E-state index contributed by atoms with van der Waals surface area (Å²) in [4.78, 5) is 1.08. The number of hydrogen-bond donors (Lipinski definition) is 2. The van der Waals surface area contributed by atoms with Crippen LogP contribution in [-0.4, -0.2) is 41.3 Å². The average molecular weight is 320 g/mol. The number of hydrogen-bond acceptors (Lipinski definition) is 5. The second-order valence-corrected chi connectivity index (χ2v) is 7.43. The van der Waals surface area contributed by atoms with Crippen molar-refractivity contribution in [3.8, 4) is 0 Å². The van der Waals surface area contributed by atoms with Gasteiger partial charge in [-0.05, 0) is 45.0 Å². The molecule has 0 aromatic carbocycles. The summed E-state index contributed by atoms with van der Waals surface area (Å²) in [5.41, 5.74) is 0. The number of ether oxygens (including phenoxy) is 1. The van der Waals surface area contributed by atoms with Crippen LogP contribution in [0.2, 0.25) is 0 Å². The van der Waals surface area contributed by atoms with Crippen molar-refractivity contribution in [3.63, 3.8) is 0 Å². The van der Waals surface area contributed by atoms with Gasteiger partial charge in [0, 0.05) is 24.6 Å². The molecule has 0 saturated carbocycles. The summed E-state index contributed by atoms with van der Waals surface area (Å²) in [6, 6.07) is 3.56. The van der Waals surface area contributed by atoms with Gasteiger partial charge in [-0.25, -0.2) is 13.1 Å². The number of likely N-dealkylation sites (N-methyl/N-ethyl adjacent to an activating group) is 1. The van der Waals surface area contributed by atoms with E-state index < -0.39 is 10.0 Å². The highest BCUT2D eigenvalue weighted by molar-refractivity contribution is 7.91. The van der Waals surface area contributed by atoms with E-state index in [4.69, 9.17) is 4.74 Å². The first-order valence-electron chi connectivity index (χ1n) is 6.97. The van der Waals surface area contributed by atoms with E-state index in [2.05, 4.69) is 17.0 Å². The van der Waals surface area contributed by atoms with E-state index in [0.29, 0.717) is 30.4 Å². The predicted octanol–water partition coefficient (Wildman–Crippen LogP) is 1.60. The molecule has 0 fully saturated rings. The molecule has 1 aromatic heterocycles. The molecule has 0 amide bonds. The summed E-state index contributed by atoms with van der Waals surface area (Å²) in [6.45, 7) is 7.43. The van der Waals surface area contributed by atoms with Gasteiger partial charge in [-0.15, -0.1) is 11.3 Å². The number of thiophene rings is 1. The molecule has 1 rings (SSSR count). The lowest BCUT2D eigenvalue weighted by Crippen LogP contribution is -2.24. The van der Waals surface area contributed by atoms with Crippen LogP contribution in [0.15, 0.2) is 16.3 Å². The molecule has 0 unspecified atom stereocenters. The second kappa shape index (κ2) is 9.46. The van der Waals surface area contributed by atoms with E-state index in [-0.39, 0.29) is 0 Å². The van der Waals surface area contributed by atoms with Crippen molar-refractivity contribution in [1.29, 1.82) is 0 Å². The first kappa shape index (κ1) is 17.6. The SMILES string of the molecule is CCNCCc1ccc(S(=O)(=O)NCCCOCC)s1. The zero-order valence-corrected chi connectivity index (χ0v) is 13.8. The van der Waals surface area contributed by atoms with Gasteiger partial charge in [0.2, 0.25) is 10.0 Å².